The molecule has 7 unspecified atom stereocenters. The highest BCUT2D eigenvalue weighted by atomic mass is 32.2. The van der Waals surface area contributed by atoms with Gasteiger partial charge in [0.2, 0.25) is 10.0 Å². The first kappa shape index (κ1) is 30.7. The molecule has 2 N–H and O–H groups in total. The van der Waals surface area contributed by atoms with Gasteiger partial charge in [0, 0.05) is 19.7 Å². The fourth-order valence-electron chi connectivity index (χ4n) is 5.85. The summed E-state index contributed by atoms with van der Waals surface area (Å²) in [5.41, 5.74) is 0.867. The zero-order chi connectivity index (χ0) is 29.9. The number of methoxy groups -OCH3 is 1. The summed E-state index contributed by atoms with van der Waals surface area (Å²) in [5.74, 6) is 0.298. The Morgan fingerprint density at radius 3 is 2.52 bits per heavy atom. The van der Waals surface area contributed by atoms with Crippen molar-refractivity contribution in [2.75, 3.05) is 33.4 Å². The summed E-state index contributed by atoms with van der Waals surface area (Å²) in [7, 11) is -2.45. The van der Waals surface area contributed by atoms with Crippen LogP contribution in [0.2, 0.25) is 0 Å². The number of benzene rings is 2. The molecule has 0 spiro atoms. The quantitative estimate of drug-likeness (QED) is 0.375. The molecule has 3 aliphatic heterocycles. The largest absolute Gasteiger partial charge is 0.497 e. The molecule has 0 aliphatic carbocycles. The van der Waals surface area contributed by atoms with Crippen LogP contribution in [0.15, 0.2) is 59.5 Å². The number of carbonyl (C=O) groups excluding carboxylic acids is 1. The predicted octanol–water partition coefficient (Wildman–Crippen LogP) is 2.57. The Hall–Kier alpha value is -2.74. The van der Waals surface area contributed by atoms with Crippen LogP contribution >= 0.6 is 0 Å². The third-order valence-corrected chi connectivity index (χ3v) is 9.76. The van der Waals surface area contributed by atoms with Crippen molar-refractivity contribution in [1.82, 2.24) is 9.62 Å². The maximum absolute atomic E-state index is 13.7. The van der Waals surface area contributed by atoms with Crippen molar-refractivity contribution in [3.63, 3.8) is 0 Å². The maximum Gasteiger partial charge on any atom is 0.407 e. The SMILES string of the molecule is COc1ccc(S(=O)(=O)N(CC(C)C)CC(O)C(Cc2ccccc2)NC(=O)OC2COC3OC4CCOC4C23)cc1. The van der Waals surface area contributed by atoms with Gasteiger partial charge in [-0.05, 0) is 48.6 Å². The van der Waals surface area contributed by atoms with E-state index >= 15 is 0 Å². The molecule has 2 aromatic rings. The van der Waals surface area contributed by atoms with Crippen molar-refractivity contribution >= 4 is 16.1 Å². The second-order valence-corrected chi connectivity index (χ2v) is 13.4. The van der Waals surface area contributed by atoms with E-state index in [9.17, 15) is 18.3 Å². The highest BCUT2D eigenvalue weighted by Gasteiger charge is 2.56. The molecule has 42 heavy (non-hydrogen) atoms. The van der Waals surface area contributed by atoms with E-state index in [1.165, 1.54) is 23.5 Å². The van der Waals surface area contributed by atoms with Gasteiger partial charge in [0.1, 0.15) is 11.9 Å². The van der Waals surface area contributed by atoms with Crippen molar-refractivity contribution in [1.29, 1.82) is 0 Å². The number of alkyl carbamates (subject to hydrolysis) is 1. The van der Waals surface area contributed by atoms with Gasteiger partial charge in [-0.1, -0.05) is 44.2 Å². The number of sulfonamides is 1. The molecule has 0 aromatic heterocycles. The average molecular weight is 605 g/mol. The van der Waals surface area contributed by atoms with Crippen molar-refractivity contribution in [3.05, 3.63) is 60.2 Å². The summed E-state index contributed by atoms with van der Waals surface area (Å²) in [4.78, 5) is 13.3. The number of aliphatic hydroxyl groups is 1. The zero-order valence-corrected chi connectivity index (χ0v) is 24.9. The fourth-order valence-corrected chi connectivity index (χ4v) is 7.47. The number of nitrogens with one attached hydrogen (secondary N) is 1. The third kappa shape index (κ3) is 6.90. The highest BCUT2D eigenvalue weighted by Crippen LogP contribution is 2.42. The molecule has 0 radical (unpaired) electrons. The topological polar surface area (TPSA) is 133 Å². The summed E-state index contributed by atoms with van der Waals surface area (Å²) < 4.78 is 57.0. The van der Waals surface area contributed by atoms with E-state index in [1.807, 2.05) is 44.2 Å². The van der Waals surface area contributed by atoms with Crippen molar-refractivity contribution < 1.29 is 42.0 Å². The van der Waals surface area contributed by atoms with Crippen LogP contribution in [0.5, 0.6) is 5.75 Å². The molecule has 0 saturated carbocycles. The minimum atomic E-state index is -3.96. The summed E-state index contributed by atoms with van der Waals surface area (Å²) in [6.07, 6.45) is -2.22. The standard InChI is InChI=1S/C30H40N2O9S/c1-19(2)16-32(42(35,36)22-11-9-21(37-3)10-12-22)17-24(33)23(15-20-7-5-4-6-8-20)31-30(34)41-26-18-39-29-27(26)28-25(40-29)13-14-38-28/h4-12,19,23-29,33H,13-18H2,1-3H3,(H,31,34). The van der Waals surface area contributed by atoms with Crippen LogP contribution in [0.25, 0.3) is 0 Å². The van der Waals surface area contributed by atoms with E-state index in [0.717, 1.165) is 12.0 Å². The number of hydrogen-bond donors (Lipinski definition) is 2. The molecule has 11 nitrogen and oxygen atoms in total. The number of amides is 1. The lowest BCUT2D eigenvalue weighted by Gasteiger charge is -2.31. The summed E-state index contributed by atoms with van der Waals surface area (Å²) in [6.45, 7) is 4.54. The molecule has 2 aromatic carbocycles. The number of nitrogens with zero attached hydrogens (tertiary/aromatic N) is 1. The molecule has 3 heterocycles. The number of rotatable bonds is 12. The van der Waals surface area contributed by atoms with E-state index in [0.29, 0.717) is 12.4 Å². The molecule has 0 bridgehead atoms. The first-order valence-electron chi connectivity index (χ1n) is 14.4. The Morgan fingerprint density at radius 1 is 1.10 bits per heavy atom. The maximum atomic E-state index is 13.7. The predicted molar refractivity (Wildman–Crippen MR) is 152 cm³/mol. The molecular weight excluding hydrogens is 564 g/mol. The van der Waals surface area contributed by atoms with Crippen molar-refractivity contribution in [3.8, 4) is 5.75 Å². The van der Waals surface area contributed by atoms with Gasteiger partial charge in [-0.2, -0.15) is 4.31 Å². The molecule has 7 atom stereocenters. The van der Waals surface area contributed by atoms with Crippen LogP contribution in [0.4, 0.5) is 4.79 Å². The molecule has 3 aliphatic rings. The number of fused-ring (bicyclic) bond motifs is 3. The lowest BCUT2D eigenvalue weighted by atomic mass is 9.97. The van der Waals surface area contributed by atoms with Crippen LogP contribution in [0.1, 0.15) is 25.8 Å². The lowest BCUT2D eigenvalue weighted by molar-refractivity contribution is -0.116. The number of hydrogen-bond acceptors (Lipinski definition) is 9. The smallest absolute Gasteiger partial charge is 0.407 e. The van der Waals surface area contributed by atoms with Crippen molar-refractivity contribution in [2.45, 2.75) is 68.3 Å². The molecule has 12 heteroatoms. The van der Waals surface area contributed by atoms with Gasteiger partial charge in [-0.15, -0.1) is 0 Å². The minimum absolute atomic E-state index is 0.0127. The van der Waals surface area contributed by atoms with Crippen LogP contribution in [0, 0.1) is 11.8 Å². The molecule has 3 fully saturated rings. The Labute approximate surface area is 247 Å². The van der Waals surface area contributed by atoms with Gasteiger partial charge < -0.3 is 34.1 Å². The number of ether oxygens (including phenoxy) is 5. The average Bonchev–Trinajstić information content (AvgIpc) is 3.66. The van der Waals surface area contributed by atoms with E-state index in [2.05, 4.69) is 5.32 Å². The van der Waals surface area contributed by atoms with Gasteiger partial charge in [0.25, 0.3) is 0 Å². The van der Waals surface area contributed by atoms with E-state index < -0.39 is 40.7 Å². The number of aliphatic hydroxyl groups excluding tert-OH is 1. The van der Waals surface area contributed by atoms with Crippen molar-refractivity contribution in [2.24, 2.45) is 11.8 Å². The van der Waals surface area contributed by atoms with Gasteiger partial charge in [-0.3, -0.25) is 0 Å². The third-order valence-electron chi connectivity index (χ3n) is 7.92. The summed E-state index contributed by atoms with van der Waals surface area (Å²) in [5, 5.41) is 14.3. The van der Waals surface area contributed by atoms with Gasteiger partial charge in [0.15, 0.2) is 6.29 Å². The summed E-state index contributed by atoms with van der Waals surface area (Å²) >= 11 is 0. The molecule has 1 amide bonds. The lowest BCUT2D eigenvalue weighted by Crippen LogP contribution is -2.52. The molecule has 3 saturated heterocycles. The second-order valence-electron chi connectivity index (χ2n) is 11.4. The first-order chi connectivity index (χ1) is 20.2. The van der Waals surface area contributed by atoms with Gasteiger partial charge >= 0.3 is 6.09 Å². The Balaban J connectivity index is 1.31. The molecule has 230 valence electrons. The Kier molecular flexibility index (Phi) is 9.70. The van der Waals surface area contributed by atoms with Gasteiger partial charge in [0.05, 0.1) is 48.9 Å². The monoisotopic (exact) mass is 604 g/mol. The van der Waals surface area contributed by atoms with E-state index in [1.54, 1.807) is 12.1 Å². The second kappa shape index (κ2) is 13.3. The normalized spacial score (nSPS) is 26.6. The van der Waals surface area contributed by atoms with E-state index in [-0.39, 0.29) is 55.1 Å². The van der Waals surface area contributed by atoms with Crippen LogP contribution in [0.3, 0.4) is 0 Å². The van der Waals surface area contributed by atoms with Crippen LogP contribution in [-0.2, 0) is 35.4 Å². The molecule has 5 rings (SSSR count). The Morgan fingerprint density at radius 2 is 1.83 bits per heavy atom. The zero-order valence-electron chi connectivity index (χ0n) is 24.1. The van der Waals surface area contributed by atoms with Crippen LogP contribution < -0.4 is 10.1 Å². The van der Waals surface area contributed by atoms with Gasteiger partial charge in [-0.25, -0.2) is 13.2 Å². The minimum Gasteiger partial charge on any atom is -0.497 e. The highest BCUT2D eigenvalue weighted by molar-refractivity contribution is 7.89. The van der Waals surface area contributed by atoms with Crippen LogP contribution in [-0.4, -0.2) is 94.1 Å². The summed E-state index contributed by atoms with van der Waals surface area (Å²) in [6, 6.07) is 14.7. The number of carbonyl (C=O) groups is 1. The Bertz CT molecular complexity index is 1290. The van der Waals surface area contributed by atoms with E-state index in [4.69, 9.17) is 23.7 Å². The fraction of sp³-hybridized carbons (Fsp3) is 0.567. The molecular formula is C30H40N2O9S. The first-order valence-corrected chi connectivity index (χ1v) is 15.8.